The van der Waals surface area contributed by atoms with E-state index in [1.165, 1.54) is 0 Å². The molecule has 2 atom stereocenters. The minimum atomic E-state index is -0.969. The van der Waals surface area contributed by atoms with Crippen LogP contribution in [0.3, 0.4) is 0 Å². The van der Waals surface area contributed by atoms with Gasteiger partial charge >= 0.3 is 0 Å². The maximum absolute atomic E-state index is 11.2. The lowest BCUT2D eigenvalue weighted by Crippen LogP contribution is -2.28. The van der Waals surface area contributed by atoms with Crippen LogP contribution in [0.15, 0.2) is 12.3 Å². The van der Waals surface area contributed by atoms with E-state index >= 15 is 0 Å². The van der Waals surface area contributed by atoms with Gasteiger partial charge in [-0.25, -0.2) is 0 Å². The maximum Gasteiger partial charge on any atom is 0.167 e. The second-order valence-corrected chi connectivity index (χ2v) is 2.94. The number of aliphatic hydroxyl groups is 2. The number of aromatic nitrogens is 1. The van der Waals surface area contributed by atoms with Gasteiger partial charge in [0, 0.05) is 18.2 Å². The lowest BCUT2D eigenvalue weighted by molar-refractivity contribution is 0.00673. The number of rotatable bonds is 0. The van der Waals surface area contributed by atoms with E-state index in [0.717, 1.165) is 0 Å². The average Bonchev–Trinajstić information content (AvgIpc) is 2.48. The molecule has 0 bridgehead atoms. The summed E-state index contributed by atoms with van der Waals surface area (Å²) in [6.07, 6.45) is -0.327. The molecule has 0 amide bonds. The molecule has 1 heterocycles. The third kappa shape index (κ3) is 0.888. The molecule has 1 aromatic heterocycles. The zero-order valence-corrected chi connectivity index (χ0v) is 6.32. The molecule has 0 radical (unpaired) electrons. The van der Waals surface area contributed by atoms with Gasteiger partial charge in [-0.2, -0.15) is 0 Å². The fraction of sp³-hybridized carbons (Fsp3) is 0.375. The van der Waals surface area contributed by atoms with Gasteiger partial charge in [0.15, 0.2) is 5.78 Å². The molecule has 4 heteroatoms. The van der Waals surface area contributed by atoms with Crippen LogP contribution in [0.5, 0.6) is 0 Å². The molecule has 12 heavy (non-hydrogen) atoms. The molecule has 0 aliphatic heterocycles. The van der Waals surface area contributed by atoms with E-state index in [1.54, 1.807) is 12.3 Å². The number of aliphatic hydroxyl groups excluding tert-OH is 2. The number of hydrogen-bond donors (Lipinski definition) is 3. The number of ketones is 1. The summed E-state index contributed by atoms with van der Waals surface area (Å²) in [4.78, 5) is 13.9. The van der Waals surface area contributed by atoms with Gasteiger partial charge in [0.1, 0.15) is 6.10 Å². The first-order chi connectivity index (χ1) is 5.70. The molecule has 4 nitrogen and oxygen atoms in total. The molecule has 0 aromatic carbocycles. The van der Waals surface area contributed by atoms with E-state index in [-0.39, 0.29) is 12.2 Å². The fourth-order valence-corrected chi connectivity index (χ4v) is 1.47. The number of hydrogen-bond acceptors (Lipinski definition) is 3. The minimum absolute atomic E-state index is 0.00597. The number of carbonyl (C=O) groups is 1. The van der Waals surface area contributed by atoms with Crippen LogP contribution in [0.25, 0.3) is 0 Å². The van der Waals surface area contributed by atoms with Crippen LogP contribution < -0.4 is 0 Å². The second-order valence-electron chi connectivity index (χ2n) is 2.94. The third-order valence-electron chi connectivity index (χ3n) is 2.13. The zero-order chi connectivity index (χ0) is 8.72. The van der Waals surface area contributed by atoms with Crippen molar-refractivity contribution in [1.82, 2.24) is 4.98 Å². The Morgan fingerprint density at radius 3 is 3.00 bits per heavy atom. The minimum Gasteiger partial charge on any atom is -0.390 e. The summed E-state index contributed by atoms with van der Waals surface area (Å²) >= 11 is 0. The summed E-state index contributed by atoms with van der Waals surface area (Å²) in [5.41, 5.74) is 0.923. The normalized spacial score (nSPS) is 28.7. The summed E-state index contributed by atoms with van der Waals surface area (Å²) in [6.45, 7) is 0. The molecule has 0 unspecified atom stereocenters. The highest BCUT2D eigenvalue weighted by Crippen LogP contribution is 2.28. The van der Waals surface area contributed by atoms with Crippen molar-refractivity contribution in [3.05, 3.63) is 23.5 Å². The Morgan fingerprint density at radius 1 is 1.50 bits per heavy atom. The summed E-state index contributed by atoms with van der Waals surface area (Å²) in [5.74, 6) is -0.121. The standard InChI is InChI=1S/C8H9NO3/c10-5-3-6(11)8(12)7-4(5)1-2-9-7/h1-2,6,8-9,11-12H,3H2/t6-,8+/m1/s1. The first-order valence-corrected chi connectivity index (χ1v) is 3.77. The quantitative estimate of drug-likeness (QED) is 0.509. The van der Waals surface area contributed by atoms with Crippen LogP contribution in [0.1, 0.15) is 28.6 Å². The Hall–Kier alpha value is -1.13. The Morgan fingerprint density at radius 2 is 2.25 bits per heavy atom. The number of nitrogens with one attached hydrogen (secondary N) is 1. The first-order valence-electron chi connectivity index (χ1n) is 3.77. The molecule has 3 N–H and O–H groups in total. The van der Waals surface area contributed by atoms with Gasteiger partial charge in [-0.15, -0.1) is 0 Å². The molecule has 0 saturated carbocycles. The molecule has 2 rings (SSSR count). The van der Waals surface area contributed by atoms with Gasteiger partial charge in [-0.3, -0.25) is 4.79 Å². The van der Waals surface area contributed by atoms with Crippen molar-refractivity contribution in [3.63, 3.8) is 0 Å². The Kier molecular flexibility index (Phi) is 1.52. The Labute approximate surface area is 68.8 Å². The van der Waals surface area contributed by atoms with Crippen LogP contribution in [-0.2, 0) is 0 Å². The van der Waals surface area contributed by atoms with Crippen LogP contribution in [0.2, 0.25) is 0 Å². The van der Waals surface area contributed by atoms with Crippen LogP contribution in [0.4, 0.5) is 0 Å². The van der Waals surface area contributed by atoms with E-state index in [2.05, 4.69) is 4.98 Å². The number of Topliss-reactive ketones (excluding diaryl/α,β-unsaturated/α-hetero) is 1. The van der Waals surface area contributed by atoms with Crippen molar-refractivity contribution in [2.75, 3.05) is 0 Å². The van der Waals surface area contributed by atoms with Crippen molar-refractivity contribution < 1.29 is 15.0 Å². The van der Waals surface area contributed by atoms with Gasteiger partial charge in [0.05, 0.1) is 11.8 Å². The molecular formula is C8H9NO3. The summed E-state index contributed by atoms with van der Waals surface area (Å²) < 4.78 is 0. The molecule has 1 aliphatic rings. The van der Waals surface area contributed by atoms with E-state index in [1.807, 2.05) is 0 Å². The lowest BCUT2D eigenvalue weighted by atomic mass is 9.92. The van der Waals surface area contributed by atoms with Crippen LogP contribution in [-0.4, -0.2) is 27.1 Å². The molecule has 1 aromatic rings. The van der Waals surface area contributed by atoms with E-state index < -0.39 is 12.2 Å². The number of H-pyrrole nitrogens is 1. The highest BCUT2D eigenvalue weighted by atomic mass is 16.3. The third-order valence-corrected chi connectivity index (χ3v) is 2.13. The average molecular weight is 167 g/mol. The van der Waals surface area contributed by atoms with Crippen molar-refractivity contribution >= 4 is 5.78 Å². The topological polar surface area (TPSA) is 73.3 Å². The Bertz CT molecular complexity index is 318. The van der Waals surface area contributed by atoms with Crippen molar-refractivity contribution in [1.29, 1.82) is 0 Å². The zero-order valence-electron chi connectivity index (χ0n) is 6.32. The van der Waals surface area contributed by atoms with E-state index in [4.69, 9.17) is 0 Å². The lowest BCUT2D eigenvalue weighted by Gasteiger charge is -2.22. The van der Waals surface area contributed by atoms with E-state index in [0.29, 0.717) is 11.3 Å². The van der Waals surface area contributed by atoms with Gasteiger partial charge in [-0.05, 0) is 6.07 Å². The molecule has 0 saturated heterocycles. The first kappa shape index (κ1) is 7.52. The fourth-order valence-electron chi connectivity index (χ4n) is 1.47. The number of carbonyl (C=O) groups excluding carboxylic acids is 1. The van der Waals surface area contributed by atoms with Gasteiger partial charge < -0.3 is 15.2 Å². The highest BCUT2D eigenvalue weighted by Gasteiger charge is 2.32. The molecular weight excluding hydrogens is 158 g/mol. The van der Waals surface area contributed by atoms with Gasteiger partial charge in [0.2, 0.25) is 0 Å². The molecule has 0 spiro atoms. The summed E-state index contributed by atoms with van der Waals surface area (Å²) in [7, 11) is 0. The summed E-state index contributed by atoms with van der Waals surface area (Å²) in [6, 6.07) is 1.62. The van der Waals surface area contributed by atoms with Crippen molar-refractivity contribution in [2.45, 2.75) is 18.6 Å². The largest absolute Gasteiger partial charge is 0.390 e. The Balaban J connectivity index is 2.49. The van der Waals surface area contributed by atoms with E-state index in [9.17, 15) is 15.0 Å². The van der Waals surface area contributed by atoms with Gasteiger partial charge in [0.25, 0.3) is 0 Å². The van der Waals surface area contributed by atoms with Crippen molar-refractivity contribution in [3.8, 4) is 0 Å². The molecule has 1 aliphatic carbocycles. The van der Waals surface area contributed by atoms with Crippen LogP contribution >= 0.6 is 0 Å². The predicted molar refractivity (Wildman–Crippen MR) is 40.7 cm³/mol. The summed E-state index contributed by atoms with van der Waals surface area (Å²) in [5, 5.41) is 18.6. The SMILES string of the molecule is O=C1C[C@@H](O)[C@H](O)c2[nH]ccc21. The number of fused-ring (bicyclic) bond motifs is 1. The maximum atomic E-state index is 11.2. The van der Waals surface area contributed by atoms with Crippen LogP contribution in [0, 0.1) is 0 Å². The molecule has 64 valence electrons. The predicted octanol–water partition coefficient (Wildman–Crippen LogP) is -0.00460. The second kappa shape index (κ2) is 2.43. The van der Waals surface area contributed by atoms with Gasteiger partial charge in [-0.1, -0.05) is 0 Å². The van der Waals surface area contributed by atoms with Crippen molar-refractivity contribution in [2.24, 2.45) is 0 Å². The highest BCUT2D eigenvalue weighted by molar-refractivity contribution is 5.98. The smallest absolute Gasteiger partial charge is 0.167 e. The number of aromatic amines is 1. The molecule has 0 fully saturated rings. The monoisotopic (exact) mass is 167 g/mol.